The van der Waals surface area contributed by atoms with Crippen molar-refractivity contribution in [2.24, 2.45) is 13.0 Å². The number of aryl methyl sites for hydroxylation is 1. The Balaban J connectivity index is 1.40. The van der Waals surface area contributed by atoms with Crippen molar-refractivity contribution < 1.29 is 9.84 Å². The summed E-state index contributed by atoms with van der Waals surface area (Å²) in [6, 6.07) is 8.47. The van der Waals surface area contributed by atoms with E-state index in [1.165, 1.54) is 12.8 Å². The number of ether oxygens (including phenoxy) is 1. The molecule has 2 aliphatic rings. The number of anilines is 1. The fourth-order valence-corrected chi connectivity index (χ4v) is 5.85. The van der Waals surface area contributed by atoms with Crippen molar-refractivity contribution in [3.63, 3.8) is 0 Å². The molecule has 0 amide bonds. The van der Waals surface area contributed by atoms with Gasteiger partial charge in [0.25, 0.3) is 5.56 Å². The minimum Gasteiger partial charge on any atom is -0.389 e. The maximum atomic E-state index is 12.7. The molecular weight excluding hydrogens is 506 g/mol. The van der Waals surface area contributed by atoms with Crippen molar-refractivity contribution in [1.29, 1.82) is 0 Å². The summed E-state index contributed by atoms with van der Waals surface area (Å²) in [5, 5.41) is 16.6. The monoisotopic (exact) mass is 539 g/mol. The molecule has 2 N–H and O–H groups in total. The molecule has 1 saturated heterocycles. The van der Waals surface area contributed by atoms with E-state index in [9.17, 15) is 9.90 Å². The number of rotatable bonds is 6. The van der Waals surface area contributed by atoms with Gasteiger partial charge in [0.1, 0.15) is 11.3 Å². The van der Waals surface area contributed by atoms with Crippen molar-refractivity contribution in [1.82, 2.24) is 29.3 Å². The molecule has 4 aromatic heterocycles. The average molecular weight is 540 g/mol. The molecule has 7 rings (SSSR count). The van der Waals surface area contributed by atoms with Gasteiger partial charge in [0.15, 0.2) is 5.82 Å². The van der Waals surface area contributed by atoms with Crippen LogP contribution in [0.2, 0.25) is 0 Å². The van der Waals surface area contributed by atoms with Crippen LogP contribution in [0.5, 0.6) is 0 Å². The molecular formula is C30H33N7O3. The second-order valence-electron chi connectivity index (χ2n) is 11.7. The van der Waals surface area contributed by atoms with Gasteiger partial charge in [-0.2, -0.15) is 5.10 Å². The lowest BCUT2D eigenvalue weighted by Gasteiger charge is -2.37. The highest BCUT2D eigenvalue weighted by Gasteiger charge is 2.38. The lowest BCUT2D eigenvalue weighted by molar-refractivity contribution is 0.0577. The number of morpholine rings is 1. The molecule has 10 heteroatoms. The Kier molecular flexibility index (Phi) is 5.79. The van der Waals surface area contributed by atoms with E-state index < -0.39 is 5.60 Å². The van der Waals surface area contributed by atoms with Gasteiger partial charge in [-0.3, -0.25) is 9.48 Å². The predicted octanol–water partition coefficient (Wildman–Crippen LogP) is 3.73. The second-order valence-corrected chi connectivity index (χ2v) is 11.7. The zero-order valence-corrected chi connectivity index (χ0v) is 23.0. The maximum Gasteiger partial charge on any atom is 0.274 e. The highest BCUT2D eigenvalue weighted by atomic mass is 16.5. The molecule has 10 nitrogen and oxygen atoms in total. The second kappa shape index (κ2) is 9.28. The van der Waals surface area contributed by atoms with Gasteiger partial charge < -0.3 is 24.3 Å². The molecule has 1 aliphatic heterocycles. The molecule has 1 saturated carbocycles. The van der Waals surface area contributed by atoms with E-state index in [-0.39, 0.29) is 11.6 Å². The van der Waals surface area contributed by atoms with Crippen LogP contribution >= 0.6 is 0 Å². The Morgan fingerprint density at radius 3 is 2.77 bits per heavy atom. The molecule has 0 radical (unpaired) electrons. The fourth-order valence-electron chi connectivity index (χ4n) is 5.85. The highest BCUT2D eigenvalue weighted by Crippen LogP contribution is 2.41. The Morgan fingerprint density at radius 2 is 1.98 bits per heavy atom. The lowest BCUT2D eigenvalue weighted by Crippen LogP contribution is -2.47. The third-order valence-corrected chi connectivity index (χ3v) is 7.92. The third kappa shape index (κ3) is 4.47. The van der Waals surface area contributed by atoms with Gasteiger partial charge in [-0.15, -0.1) is 0 Å². The standard InChI is InChI=1S/C30H33N7O3/c1-30(2,39)17-36-14-20(13-32-36)27-33-24-7-6-19(23-15-35(3)29(38)26-21(23)8-9-31-26)12-22(24)28(34-27)37-10-11-40-16-25(37)18-4-5-18/h6-9,12-15,18,25,31,39H,4-5,10-11,16-17H2,1-3H3/t25-/m1/s1. The Labute approximate surface area is 231 Å². The zero-order valence-electron chi connectivity index (χ0n) is 23.0. The van der Waals surface area contributed by atoms with Crippen LogP contribution in [0.4, 0.5) is 5.82 Å². The summed E-state index contributed by atoms with van der Waals surface area (Å²) in [5.74, 6) is 2.11. The van der Waals surface area contributed by atoms with Crippen molar-refractivity contribution in [2.45, 2.75) is 44.9 Å². The van der Waals surface area contributed by atoms with Crippen molar-refractivity contribution in [3.8, 4) is 22.5 Å². The van der Waals surface area contributed by atoms with E-state index in [2.05, 4.69) is 27.1 Å². The molecule has 40 heavy (non-hydrogen) atoms. The highest BCUT2D eigenvalue weighted by molar-refractivity contribution is 5.99. The van der Waals surface area contributed by atoms with Crippen LogP contribution in [-0.4, -0.2) is 65.8 Å². The summed E-state index contributed by atoms with van der Waals surface area (Å²) in [6.07, 6.45) is 9.77. The molecule has 2 fully saturated rings. The topological polar surface area (TPSA) is 114 Å². The van der Waals surface area contributed by atoms with Crippen LogP contribution in [0.15, 0.2) is 53.8 Å². The van der Waals surface area contributed by atoms with Crippen molar-refractivity contribution in [3.05, 3.63) is 59.4 Å². The first-order valence-electron chi connectivity index (χ1n) is 13.8. The van der Waals surface area contributed by atoms with Crippen LogP contribution < -0.4 is 10.5 Å². The molecule has 1 aromatic carbocycles. The summed E-state index contributed by atoms with van der Waals surface area (Å²) in [7, 11) is 1.78. The normalized spacial score (nSPS) is 18.2. The first-order valence-corrected chi connectivity index (χ1v) is 13.8. The number of nitrogens with one attached hydrogen (secondary N) is 1. The number of benzene rings is 1. The van der Waals surface area contributed by atoms with Crippen LogP contribution in [0.25, 0.3) is 44.3 Å². The molecule has 0 bridgehead atoms. The van der Waals surface area contributed by atoms with Gasteiger partial charge in [-0.05, 0) is 56.4 Å². The number of fused-ring (bicyclic) bond motifs is 2. The average Bonchev–Trinajstić information content (AvgIpc) is 3.48. The van der Waals surface area contributed by atoms with Crippen LogP contribution in [0.1, 0.15) is 26.7 Å². The van der Waals surface area contributed by atoms with E-state index >= 15 is 0 Å². The van der Waals surface area contributed by atoms with Crippen molar-refractivity contribution >= 4 is 27.6 Å². The summed E-state index contributed by atoms with van der Waals surface area (Å²) in [4.78, 5) is 28.3. The van der Waals surface area contributed by atoms with Gasteiger partial charge in [0, 0.05) is 48.5 Å². The number of hydrogen-bond donors (Lipinski definition) is 2. The number of hydrogen-bond acceptors (Lipinski definition) is 7. The molecule has 5 heterocycles. The van der Waals surface area contributed by atoms with E-state index in [1.54, 1.807) is 36.3 Å². The van der Waals surface area contributed by atoms with Crippen LogP contribution in [0, 0.1) is 5.92 Å². The molecule has 206 valence electrons. The molecule has 1 atom stereocenters. The molecule has 5 aromatic rings. The quantitative estimate of drug-likeness (QED) is 0.338. The van der Waals surface area contributed by atoms with Gasteiger partial charge in [-0.1, -0.05) is 6.07 Å². The lowest BCUT2D eigenvalue weighted by atomic mass is 10.0. The third-order valence-electron chi connectivity index (χ3n) is 7.92. The number of pyridine rings is 1. The van der Waals surface area contributed by atoms with E-state index in [4.69, 9.17) is 14.7 Å². The number of nitrogens with zero attached hydrogens (tertiary/aromatic N) is 6. The summed E-state index contributed by atoms with van der Waals surface area (Å²) in [5.41, 5.74) is 3.28. The minimum absolute atomic E-state index is 0.0519. The maximum absolute atomic E-state index is 12.7. The first kappa shape index (κ1) is 25.0. The molecule has 0 spiro atoms. The van der Waals surface area contributed by atoms with Gasteiger partial charge in [0.2, 0.25) is 0 Å². The number of H-pyrrole nitrogens is 1. The minimum atomic E-state index is -0.883. The number of aromatic amines is 1. The van der Waals surface area contributed by atoms with Crippen LogP contribution in [-0.2, 0) is 18.3 Å². The largest absolute Gasteiger partial charge is 0.389 e. The Morgan fingerprint density at radius 1 is 1.12 bits per heavy atom. The molecule has 1 aliphatic carbocycles. The van der Waals surface area contributed by atoms with Crippen molar-refractivity contribution in [2.75, 3.05) is 24.7 Å². The van der Waals surface area contributed by atoms with E-state index in [1.807, 2.05) is 30.7 Å². The Hall–Kier alpha value is -4.02. The summed E-state index contributed by atoms with van der Waals surface area (Å²) in [6.45, 7) is 6.00. The smallest absolute Gasteiger partial charge is 0.274 e. The fraction of sp³-hybridized carbons (Fsp3) is 0.400. The van der Waals surface area contributed by atoms with Gasteiger partial charge in [0.05, 0.1) is 48.7 Å². The summed E-state index contributed by atoms with van der Waals surface area (Å²) >= 11 is 0. The van der Waals surface area contributed by atoms with E-state index in [0.717, 1.165) is 45.3 Å². The number of aliphatic hydroxyl groups is 1. The Bertz CT molecular complexity index is 1790. The van der Waals surface area contributed by atoms with Gasteiger partial charge in [-0.25, -0.2) is 9.97 Å². The number of aromatic nitrogens is 6. The summed E-state index contributed by atoms with van der Waals surface area (Å²) < 4.78 is 9.26. The SMILES string of the molecule is Cn1cc(-c2ccc3nc(-c4cnn(CC(C)(C)O)c4)nc(N4CCOC[C@@H]4C4CC4)c3c2)c2cc[nH]c2c1=O. The van der Waals surface area contributed by atoms with E-state index in [0.29, 0.717) is 37.0 Å². The zero-order chi connectivity index (χ0) is 27.6. The molecule has 0 unspecified atom stereocenters. The first-order chi connectivity index (χ1) is 19.2. The van der Waals surface area contributed by atoms with Crippen LogP contribution in [0.3, 0.4) is 0 Å². The predicted molar refractivity (Wildman–Crippen MR) is 154 cm³/mol. The van der Waals surface area contributed by atoms with Gasteiger partial charge >= 0.3 is 0 Å².